The summed E-state index contributed by atoms with van der Waals surface area (Å²) in [7, 11) is 0. The molecule has 0 aliphatic carbocycles. The van der Waals surface area contributed by atoms with E-state index in [2.05, 4.69) is 52.4 Å². The number of piperazine rings is 1. The molecule has 5 heteroatoms. The molecule has 1 saturated heterocycles. The van der Waals surface area contributed by atoms with Gasteiger partial charge in [0.15, 0.2) is 0 Å². The van der Waals surface area contributed by atoms with Gasteiger partial charge in [-0.2, -0.15) is 5.26 Å². The summed E-state index contributed by atoms with van der Waals surface area (Å²) < 4.78 is 0. The van der Waals surface area contributed by atoms with Crippen LogP contribution < -0.4 is 5.32 Å². The van der Waals surface area contributed by atoms with Crippen LogP contribution in [-0.4, -0.2) is 47.9 Å². The highest BCUT2D eigenvalue weighted by Crippen LogP contribution is 2.15. The molecule has 0 bridgehead atoms. The van der Waals surface area contributed by atoms with Crippen LogP contribution in [0.3, 0.4) is 0 Å². The molecule has 27 heavy (non-hydrogen) atoms. The van der Waals surface area contributed by atoms with Crippen molar-refractivity contribution in [3.05, 3.63) is 65.2 Å². The average molecular weight is 362 g/mol. The van der Waals surface area contributed by atoms with Crippen molar-refractivity contribution in [2.45, 2.75) is 26.4 Å². The van der Waals surface area contributed by atoms with Gasteiger partial charge in [0.25, 0.3) is 0 Å². The molecule has 1 fully saturated rings. The predicted molar refractivity (Wildman–Crippen MR) is 107 cm³/mol. The van der Waals surface area contributed by atoms with Crippen LogP contribution in [0.2, 0.25) is 0 Å². The Labute approximate surface area is 161 Å². The fraction of sp³-hybridized carbons (Fsp3) is 0.364. The Hall–Kier alpha value is -2.68. The van der Waals surface area contributed by atoms with E-state index in [1.807, 2.05) is 13.0 Å². The van der Waals surface area contributed by atoms with Crippen molar-refractivity contribution in [1.82, 2.24) is 9.80 Å². The molecule has 0 spiro atoms. The fourth-order valence-electron chi connectivity index (χ4n) is 3.42. The Morgan fingerprint density at radius 2 is 1.89 bits per heavy atom. The third-order valence-electron chi connectivity index (χ3n) is 5.25. The maximum Gasteiger partial charge on any atom is 0.241 e. The molecule has 3 rings (SSSR count). The molecule has 0 saturated carbocycles. The number of nitrogens with zero attached hydrogens (tertiary/aromatic N) is 3. The first-order valence-corrected chi connectivity index (χ1v) is 9.39. The van der Waals surface area contributed by atoms with Crippen LogP contribution in [0, 0.1) is 18.3 Å². The molecular weight excluding hydrogens is 336 g/mol. The molecule has 1 atom stereocenters. The van der Waals surface area contributed by atoms with Crippen molar-refractivity contribution >= 4 is 11.6 Å². The highest BCUT2D eigenvalue weighted by atomic mass is 16.2. The second kappa shape index (κ2) is 8.81. The van der Waals surface area contributed by atoms with Crippen molar-refractivity contribution < 1.29 is 4.79 Å². The number of amides is 1. The summed E-state index contributed by atoms with van der Waals surface area (Å²) in [6, 6.07) is 17.4. The van der Waals surface area contributed by atoms with E-state index in [9.17, 15) is 4.79 Å². The number of aryl methyl sites for hydroxylation is 1. The number of benzene rings is 2. The van der Waals surface area contributed by atoms with E-state index < -0.39 is 0 Å². The van der Waals surface area contributed by atoms with Crippen molar-refractivity contribution in [2.24, 2.45) is 0 Å². The monoisotopic (exact) mass is 362 g/mol. The molecule has 1 N–H and O–H groups in total. The first-order chi connectivity index (χ1) is 13.1. The minimum atomic E-state index is -0.198. The van der Waals surface area contributed by atoms with E-state index in [4.69, 9.17) is 5.26 Å². The zero-order valence-corrected chi connectivity index (χ0v) is 16.0. The molecule has 1 amide bonds. The summed E-state index contributed by atoms with van der Waals surface area (Å²) in [5.74, 6) is -0.0301. The summed E-state index contributed by atoms with van der Waals surface area (Å²) in [4.78, 5) is 17.2. The zero-order valence-electron chi connectivity index (χ0n) is 16.0. The topological polar surface area (TPSA) is 59.4 Å². The van der Waals surface area contributed by atoms with E-state index in [0.29, 0.717) is 11.3 Å². The molecule has 0 unspecified atom stereocenters. The van der Waals surface area contributed by atoms with Crippen LogP contribution >= 0.6 is 0 Å². The lowest BCUT2D eigenvalue weighted by molar-refractivity contribution is -0.121. The Morgan fingerprint density at radius 1 is 1.15 bits per heavy atom. The van der Waals surface area contributed by atoms with Gasteiger partial charge in [-0.1, -0.05) is 30.3 Å². The first kappa shape index (κ1) is 19.1. The lowest BCUT2D eigenvalue weighted by Crippen LogP contribution is -2.52. The van der Waals surface area contributed by atoms with Gasteiger partial charge in [0.1, 0.15) is 0 Å². The number of nitrogens with one attached hydrogen (secondary N) is 1. The zero-order chi connectivity index (χ0) is 19.2. The molecule has 140 valence electrons. The van der Waals surface area contributed by atoms with Crippen LogP contribution in [0.15, 0.2) is 48.5 Å². The number of hydrogen-bond acceptors (Lipinski definition) is 4. The van der Waals surface area contributed by atoms with Crippen LogP contribution in [-0.2, 0) is 11.3 Å². The lowest BCUT2D eigenvalue weighted by atomic mass is 10.1. The largest absolute Gasteiger partial charge is 0.325 e. The van der Waals surface area contributed by atoms with E-state index >= 15 is 0 Å². The summed E-state index contributed by atoms with van der Waals surface area (Å²) in [6.07, 6.45) is 0. The molecule has 2 aromatic carbocycles. The van der Waals surface area contributed by atoms with E-state index in [0.717, 1.165) is 32.7 Å². The third-order valence-corrected chi connectivity index (χ3v) is 5.25. The van der Waals surface area contributed by atoms with Gasteiger partial charge >= 0.3 is 0 Å². The highest BCUT2D eigenvalue weighted by Gasteiger charge is 2.25. The minimum absolute atomic E-state index is 0.0301. The van der Waals surface area contributed by atoms with Gasteiger partial charge in [0.05, 0.1) is 17.7 Å². The van der Waals surface area contributed by atoms with Gasteiger partial charge in [-0.25, -0.2) is 0 Å². The summed E-state index contributed by atoms with van der Waals surface area (Å²) >= 11 is 0. The smallest absolute Gasteiger partial charge is 0.241 e. The van der Waals surface area contributed by atoms with Gasteiger partial charge in [0, 0.05) is 38.4 Å². The summed E-state index contributed by atoms with van der Waals surface area (Å²) in [5, 5.41) is 11.9. The molecule has 0 aromatic heterocycles. The number of nitriles is 1. The average Bonchev–Trinajstić information content (AvgIpc) is 2.70. The minimum Gasteiger partial charge on any atom is -0.325 e. The molecule has 5 nitrogen and oxygen atoms in total. The predicted octanol–water partition coefficient (Wildman–Crippen LogP) is 3.01. The van der Waals surface area contributed by atoms with Gasteiger partial charge in [0.2, 0.25) is 5.91 Å². The number of anilines is 1. The van der Waals surface area contributed by atoms with Gasteiger partial charge in [-0.15, -0.1) is 0 Å². The Balaban J connectivity index is 1.52. The van der Waals surface area contributed by atoms with Gasteiger partial charge in [-0.05, 0) is 43.2 Å². The Bertz CT molecular complexity index is 834. The Morgan fingerprint density at radius 3 is 2.59 bits per heavy atom. The van der Waals surface area contributed by atoms with Crippen molar-refractivity contribution in [1.29, 1.82) is 5.26 Å². The molecule has 2 aromatic rings. The number of carbonyl (C=O) groups excluding carboxylic acids is 1. The van der Waals surface area contributed by atoms with Crippen LogP contribution in [0.5, 0.6) is 0 Å². The quantitative estimate of drug-likeness (QED) is 0.888. The third kappa shape index (κ3) is 4.94. The number of hydrogen-bond donors (Lipinski definition) is 1. The maximum atomic E-state index is 12.6. The van der Waals surface area contributed by atoms with Gasteiger partial charge < -0.3 is 5.32 Å². The molecular formula is C22H26N4O. The fourth-order valence-corrected chi connectivity index (χ4v) is 3.42. The maximum absolute atomic E-state index is 12.6. The SMILES string of the molecule is Cc1ccccc1CN1CCN([C@H](C)C(=O)Nc2cccc(C#N)c2)CC1. The van der Waals surface area contributed by atoms with E-state index in [-0.39, 0.29) is 11.9 Å². The van der Waals surface area contributed by atoms with Crippen LogP contribution in [0.4, 0.5) is 5.69 Å². The van der Waals surface area contributed by atoms with E-state index in [1.54, 1.807) is 18.2 Å². The van der Waals surface area contributed by atoms with E-state index in [1.165, 1.54) is 11.1 Å². The summed E-state index contributed by atoms with van der Waals surface area (Å²) in [5.41, 5.74) is 3.91. The van der Waals surface area contributed by atoms with Crippen molar-refractivity contribution in [3.63, 3.8) is 0 Å². The van der Waals surface area contributed by atoms with Crippen molar-refractivity contribution in [2.75, 3.05) is 31.5 Å². The number of rotatable bonds is 5. The molecule has 1 aliphatic heterocycles. The standard InChI is InChI=1S/C22H26N4O/c1-17-6-3-4-8-20(17)16-25-10-12-26(13-11-25)18(2)22(27)24-21-9-5-7-19(14-21)15-23/h3-9,14,18H,10-13,16H2,1-2H3,(H,24,27)/t18-/m1/s1. The normalized spacial score (nSPS) is 16.5. The molecule has 1 heterocycles. The highest BCUT2D eigenvalue weighted by molar-refractivity contribution is 5.94. The Kier molecular flexibility index (Phi) is 6.23. The van der Waals surface area contributed by atoms with Gasteiger partial charge in [-0.3, -0.25) is 14.6 Å². The van der Waals surface area contributed by atoms with Crippen LogP contribution in [0.25, 0.3) is 0 Å². The second-order valence-electron chi connectivity index (χ2n) is 7.10. The van der Waals surface area contributed by atoms with Crippen LogP contribution in [0.1, 0.15) is 23.6 Å². The second-order valence-corrected chi connectivity index (χ2v) is 7.10. The first-order valence-electron chi connectivity index (χ1n) is 9.39. The molecule has 0 radical (unpaired) electrons. The molecule has 1 aliphatic rings. The van der Waals surface area contributed by atoms with Crippen molar-refractivity contribution in [3.8, 4) is 6.07 Å². The summed E-state index contributed by atoms with van der Waals surface area (Å²) in [6.45, 7) is 8.71. The number of carbonyl (C=O) groups is 1. The lowest BCUT2D eigenvalue weighted by Gasteiger charge is -2.37.